The molecule has 0 spiro atoms. The van der Waals surface area contributed by atoms with E-state index in [0.717, 1.165) is 10.9 Å². The summed E-state index contributed by atoms with van der Waals surface area (Å²) in [5.74, 6) is 1.20. The van der Waals surface area contributed by atoms with Crippen LogP contribution in [-0.2, 0) is 6.42 Å². The maximum Gasteiger partial charge on any atom is 0.0399 e. The zero-order valence-corrected chi connectivity index (χ0v) is 13.9. The number of nitrogens with zero attached hydrogens (tertiary/aromatic N) is 1. The quantitative estimate of drug-likeness (QED) is 0.829. The van der Waals surface area contributed by atoms with Crippen LogP contribution in [0, 0.1) is 0 Å². The number of rotatable bonds is 7. The molecule has 0 saturated carbocycles. The van der Waals surface area contributed by atoms with Gasteiger partial charge in [-0.15, -0.1) is 0 Å². The van der Waals surface area contributed by atoms with Gasteiger partial charge in [-0.25, -0.2) is 0 Å². The number of anilines is 1. The van der Waals surface area contributed by atoms with Crippen molar-refractivity contribution < 1.29 is 0 Å². The van der Waals surface area contributed by atoms with Gasteiger partial charge in [-0.1, -0.05) is 15.9 Å². The molecule has 0 amide bonds. The van der Waals surface area contributed by atoms with Crippen molar-refractivity contribution in [1.29, 1.82) is 0 Å². The van der Waals surface area contributed by atoms with E-state index in [9.17, 15) is 0 Å². The van der Waals surface area contributed by atoms with Crippen molar-refractivity contribution in [2.75, 3.05) is 30.5 Å². The van der Waals surface area contributed by atoms with Gasteiger partial charge < -0.3 is 10.6 Å². The first-order valence-electron chi connectivity index (χ1n) is 6.30. The summed E-state index contributed by atoms with van der Waals surface area (Å²) in [5, 5.41) is 0. The van der Waals surface area contributed by atoms with Crippen LogP contribution >= 0.6 is 27.7 Å². The molecule has 18 heavy (non-hydrogen) atoms. The van der Waals surface area contributed by atoms with Gasteiger partial charge in [0.25, 0.3) is 0 Å². The third-order valence-corrected chi connectivity index (χ3v) is 4.37. The minimum Gasteiger partial charge on any atom is -0.372 e. The van der Waals surface area contributed by atoms with Crippen molar-refractivity contribution in [2.45, 2.75) is 25.8 Å². The van der Waals surface area contributed by atoms with Crippen LogP contribution in [0.25, 0.3) is 0 Å². The molecule has 0 bridgehead atoms. The van der Waals surface area contributed by atoms with Gasteiger partial charge in [0.15, 0.2) is 0 Å². The Bertz CT molecular complexity index is 371. The Balaban J connectivity index is 2.86. The number of thioether (sulfide) groups is 1. The molecular weight excluding hydrogens is 308 g/mol. The van der Waals surface area contributed by atoms with Gasteiger partial charge in [0.2, 0.25) is 0 Å². The smallest absolute Gasteiger partial charge is 0.0399 e. The Kier molecular flexibility index (Phi) is 7.12. The number of benzene rings is 1. The van der Waals surface area contributed by atoms with E-state index >= 15 is 0 Å². The van der Waals surface area contributed by atoms with Gasteiger partial charge in [-0.05, 0) is 62.1 Å². The maximum absolute atomic E-state index is 5.70. The van der Waals surface area contributed by atoms with Crippen molar-refractivity contribution in [1.82, 2.24) is 0 Å². The van der Waals surface area contributed by atoms with Crippen LogP contribution in [0.4, 0.5) is 5.69 Å². The van der Waals surface area contributed by atoms with Crippen LogP contribution in [0.15, 0.2) is 22.7 Å². The summed E-state index contributed by atoms with van der Waals surface area (Å²) in [7, 11) is 2.17. The van der Waals surface area contributed by atoms with Gasteiger partial charge in [0.05, 0.1) is 0 Å². The number of halogens is 1. The van der Waals surface area contributed by atoms with Crippen LogP contribution < -0.4 is 10.6 Å². The molecule has 2 N–H and O–H groups in total. The molecule has 1 unspecified atom stereocenters. The zero-order valence-electron chi connectivity index (χ0n) is 11.4. The Hall–Kier alpha value is -0.190. The fourth-order valence-electron chi connectivity index (χ4n) is 1.97. The van der Waals surface area contributed by atoms with E-state index in [4.69, 9.17) is 5.73 Å². The van der Waals surface area contributed by atoms with E-state index in [1.807, 2.05) is 11.8 Å². The van der Waals surface area contributed by atoms with Gasteiger partial charge in [0, 0.05) is 23.2 Å². The molecule has 1 aromatic carbocycles. The summed E-state index contributed by atoms with van der Waals surface area (Å²) in [4.78, 5) is 2.37. The summed E-state index contributed by atoms with van der Waals surface area (Å²) in [6.07, 6.45) is 4.29. The highest BCUT2D eigenvalue weighted by Gasteiger charge is 2.13. The van der Waals surface area contributed by atoms with E-state index in [1.54, 1.807) is 0 Å². The summed E-state index contributed by atoms with van der Waals surface area (Å²) >= 11 is 5.44. The highest BCUT2D eigenvalue weighted by molar-refractivity contribution is 9.10. The largest absolute Gasteiger partial charge is 0.372 e. The van der Waals surface area contributed by atoms with Crippen LogP contribution in [0.3, 0.4) is 0 Å². The molecule has 4 heteroatoms. The summed E-state index contributed by atoms with van der Waals surface area (Å²) in [5.41, 5.74) is 8.33. The van der Waals surface area contributed by atoms with E-state index in [-0.39, 0.29) is 0 Å². The van der Waals surface area contributed by atoms with Crippen molar-refractivity contribution in [3.63, 3.8) is 0 Å². The molecule has 1 aromatic rings. The summed E-state index contributed by atoms with van der Waals surface area (Å²) in [6.45, 7) is 2.97. The average Bonchev–Trinajstić information content (AvgIpc) is 2.36. The van der Waals surface area contributed by atoms with Gasteiger partial charge in [-0.3, -0.25) is 0 Å². The number of nitrogens with two attached hydrogens (primary N) is 1. The van der Waals surface area contributed by atoms with Gasteiger partial charge in [0.1, 0.15) is 0 Å². The molecular formula is C14H23BrN2S. The maximum atomic E-state index is 5.70. The molecule has 0 aliphatic carbocycles. The molecule has 1 rings (SSSR count). The highest BCUT2D eigenvalue weighted by atomic mass is 79.9. The molecule has 1 atom stereocenters. The Labute approximate surface area is 123 Å². The minimum atomic E-state index is 0.551. The average molecular weight is 331 g/mol. The fourth-order valence-corrected chi connectivity index (χ4v) is 2.96. The van der Waals surface area contributed by atoms with Crippen LogP contribution in [0.1, 0.15) is 18.9 Å². The molecule has 0 fully saturated rings. The molecule has 0 radical (unpaired) electrons. The van der Waals surface area contributed by atoms with Crippen LogP contribution in [0.5, 0.6) is 0 Å². The molecule has 0 heterocycles. The molecule has 0 aliphatic rings. The second-order valence-corrected chi connectivity index (χ2v) is 6.45. The molecule has 0 aromatic heterocycles. The normalized spacial score (nSPS) is 12.5. The molecule has 0 aliphatic heterocycles. The first-order valence-corrected chi connectivity index (χ1v) is 8.49. The Morgan fingerprint density at radius 1 is 1.44 bits per heavy atom. The first-order chi connectivity index (χ1) is 8.60. The van der Waals surface area contributed by atoms with E-state index < -0.39 is 0 Å². The van der Waals surface area contributed by atoms with Gasteiger partial charge in [-0.2, -0.15) is 11.8 Å². The fraction of sp³-hybridized carbons (Fsp3) is 0.571. The standard InChI is InChI=1S/C14H23BrN2S/c1-11(7-9-18-3)17(2)14-5-4-13(15)10-12(14)6-8-16/h4-5,10-11H,6-9,16H2,1-3H3. The van der Waals surface area contributed by atoms with E-state index in [1.165, 1.54) is 23.4 Å². The van der Waals surface area contributed by atoms with Crippen molar-refractivity contribution in [2.24, 2.45) is 5.73 Å². The minimum absolute atomic E-state index is 0.551. The lowest BCUT2D eigenvalue weighted by Crippen LogP contribution is -2.30. The summed E-state index contributed by atoms with van der Waals surface area (Å²) in [6, 6.07) is 7.02. The SMILES string of the molecule is CSCCC(C)N(C)c1ccc(Br)cc1CCN. The monoisotopic (exact) mass is 330 g/mol. The summed E-state index contributed by atoms with van der Waals surface area (Å²) < 4.78 is 1.12. The molecule has 0 saturated heterocycles. The third-order valence-electron chi connectivity index (χ3n) is 3.24. The van der Waals surface area contributed by atoms with Crippen molar-refractivity contribution >= 4 is 33.4 Å². The Morgan fingerprint density at radius 2 is 2.17 bits per heavy atom. The number of hydrogen-bond acceptors (Lipinski definition) is 3. The molecule has 102 valence electrons. The van der Waals surface area contributed by atoms with Crippen LogP contribution in [-0.4, -0.2) is 31.6 Å². The Morgan fingerprint density at radius 3 is 2.78 bits per heavy atom. The second kappa shape index (κ2) is 8.08. The highest BCUT2D eigenvalue weighted by Crippen LogP contribution is 2.26. The van der Waals surface area contributed by atoms with Gasteiger partial charge >= 0.3 is 0 Å². The lowest BCUT2D eigenvalue weighted by Gasteiger charge is -2.29. The zero-order chi connectivity index (χ0) is 13.5. The van der Waals surface area contributed by atoms with Crippen molar-refractivity contribution in [3.8, 4) is 0 Å². The van der Waals surface area contributed by atoms with E-state index in [2.05, 4.69) is 59.3 Å². The predicted molar refractivity (Wildman–Crippen MR) is 87.8 cm³/mol. The topological polar surface area (TPSA) is 29.3 Å². The lowest BCUT2D eigenvalue weighted by molar-refractivity contribution is 0.666. The third kappa shape index (κ3) is 4.48. The first kappa shape index (κ1) is 15.9. The lowest BCUT2D eigenvalue weighted by atomic mass is 10.1. The van der Waals surface area contributed by atoms with E-state index in [0.29, 0.717) is 12.6 Å². The van der Waals surface area contributed by atoms with Crippen LogP contribution in [0.2, 0.25) is 0 Å². The van der Waals surface area contributed by atoms with Crippen molar-refractivity contribution in [3.05, 3.63) is 28.2 Å². The number of hydrogen-bond donors (Lipinski definition) is 1. The second-order valence-electron chi connectivity index (χ2n) is 4.55. The predicted octanol–water partition coefficient (Wildman–Crippen LogP) is 3.53. The molecule has 2 nitrogen and oxygen atoms in total.